The van der Waals surface area contributed by atoms with Crippen molar-refractivity contribution in [1.82, 2.24) is 10.2 Å². The largest absolute Gasteiger partial charge is 0.497 e. The first kappa shape index (κ1) is 36.0. The molecule has 3 aromatic carbocycles. The molecule has 0 aromatic heterocycles. The van der Waals surface area contributed by atoms with Gasteiger partial charge in [-0.25, -0.2) is 8.42 Å². The number of rotatable bonds is 17. The predicted molar refractivity (Wildman–Crippen MR) is 177 cm³/mol. The fraction of sp³-hybridized carbons (Fsp3) is 0.412. The van der Waals surface area contributed by atoms with E-state index in [2.05, 4.69) is 5.32 Å². The van der Waals surface area contributed by atoms with Crippen LogP contribution in [0, 0.1) is 0 Å². The van der Waals surface area contributed by atoms with Crippen LogP contribution in [0.1, 0.15) is 46.1 Å². The first-order valence-corrected chi connectivity index (χ1v) is 16.7. The number of anilines is 1. The van der Waals surface area contributed by atoms with Crippen molar-refractivity contribution in [2.45, 2.75) is 64.1 Å². The lowest BCUT2D eigenvalue weighted by molar-refractivity contribution is -0.140. The van der Waals surface area contributed by atoms with Crippen LogP contribution < -0.4 is 28.6 Å². The second-order valence-corrected chi connectivity index (χ2v) is 12.4. The average molecular weight is 656 g/mol. The van der Waals surface area contributed by atoms with Crippen LogP contribution in [0.15, 0.2) is 71.6 Å². The summed E-state index contributed by atoms with van der Waals surface area (Å²) in [6, 6.07) is 16.9. The van der Waals surface area contributed by atoms with Gasteiger partial charge in [-0.15, -0.1) is 0 Å². The van der Waals surface area contributed by atoms with E-state index in [0.717, 1.165) is 9.87 Å². The van der Waals surface area contributed by atoms with Gasteiger partial charge in [0.15, 0.2) is 11.5 Å². The summed E-state index contributed by atoms with van der Waals surface area (Å²) in [4.78, 5) is 29.2. The van der Waals surface area contributed by atoms with Gasteiger partial charge < -0.3 is 29.2 Å². The van der Waals surface area contributed by atoms with Crippen molar-refractivity contribution in [3.63, 3.8) is 0 Å². The minimum atomic E-state index is -4.33. The van der Waals surface area contributed by atoms with Gasteiger partial charge >= 0.3 is 0 Å². The Bertz CT molecular complexity index is 1550. The van der Waals surface area contributed by atoms with Crippen LogP contribution in [-0.4, -0.2) is 71.7 Å². The zero-order chi connectivity index (χ0) is 33.9. The Morgan fingerprint density at radius 2 is 1.43 bits per heavy atom. The molecule has 0 saturated heterocycles. The Hall–Kier alpha value is -4.45. The number of hydrogen-bond donors (Lipinski definition) is 1. The quantitative estimate of drug-likeness (QED) is 0.215. The summed E-state index contributed by atoms with van der Waals surface area (Å²) in [6.07, 6.45) is 1.03. The molecular formula is C34H45N3O8S. The summed E-state index contributed by atoms with van der Waals surface area (Å²) in [7, 11) is 0.0959. The fourth-order valence-electron chi connectivity index (χ4n) is 4.80. The molecule has 46 heavy (non-hydrogen) atoms. The average Bonchev–Trinajstić information content (AvgIpc) is 3.07. The van der Waals surface area contributed by atoms with Crippen molar-refractivity contribution in [2.24, 2.45) is 0 Å². The molecule has 0 fully saturated rings. The summed E-state index contributed by atoms with van der Waals surface area (Å²) in [5.41, 5.74) is 0.993. The Morgan fingerprint density at radius 1 is 0.804 bits per heavy atom. The van der Waals surface area contributed by atoms with Crippen molar-refractivity contribution >= 4 is 27.5 Å². The second-order valence-electron chi connectivity index (χ2n) is 10.6. The monoisotopic (exact) mass is 655 g/mol. The summed E-state index contributed by atoms with van der Waals surface area (Å²) >= 11 is 0. The van der Waals surface area contributed by atoms with Crippen molar-refractivity contribution in [3.05, 3.63) is 72.3 Å². The molecule has 12 heteroatoms. The molecule has 3 aromatic rings. The zero-order valence-corrected chi connectivity index (χ0v) is 28.4. The number of sulfonamides is 1. The number of carbonyl (C=O) groups excluding carboxylic acids is 2. The molecule has 0 aliphatic heterocycles. The van der Waals surface area contributed by atoms with Crippen LogP contribution in [0.4, 0.5) is 5.69 Å². The highest BCUT2D eigenvalue weighted by molar-refractivity contribution is 7.92. The molecule has 1 N–H and O–H groups in total. The van der Waals surface area contributed by atoms with Gasteiger partial charge in [0, 0.05) is 18.7 Å². The molecule has 0 aliphatic rings. The summed E-state index contributed by atoms with van der Waals surface area (Å²) < 4.78 is 51.1. The van der Waals surface area contributed by atoms with Crippen LogP contribution in [0.3, 0.4) is 0 Å². The third-order valence-electron chi connectivity index (χ3n) is 7.56. The van der Waals surface area contributed by atoms with Gasteiger partial charge in [-0.3, -0.25) is 13.9 Å². The van der Waals surface area contributed by atoms with E-state index in [9.17, 15) is 18.0 Å². The smallest absolute Gasteiger partial charge is 0.264 e. The lowest BCUT2D eigenvalue weighted by atomic mass is 10.1. The van der Waals surface area contributed by atoms with Gasteiger partial charge in [-0.05, 0) is 80.8 Å². The van der Waals surface area contributed by atoms with Gasteiger partial charge in [0.25, 0.3) is 10.0 Å². The van der Waals surface area contributed by atoms with Crippen LogP contribution in [0.25, 0.3) is 0 Å². The predicted octanol–water partition coefficient (Wildman–Crippen LogP) is 5.03. The van der Waals surface area contributed by atoms with Crippen LogP contribution in [-0.2, 0) is 26.2 Å². The molecule has 0 unspecified atom stereocenters. The molecule has 2 atom stereocenters. The van der Waals surface area contributed by atoms with E-state index in [1.54, 1.807) is 43.5 Å². The van der Waals surface area contributed by atoms with E-state index in [1.807, 2.05) is 39.8 Å². The fourth-order valence-corrected chi connectivity index (χ4v) is 6.23. The minimum absolute atomic E-state index is 0.0722. The van der Waals surface area contributed by atoms with Crippen molar-refractivity contribution < 1.29 is 37.0 Å². The topological polar surface area (TPSA) is 124 Å². The molecule has 0 radical (unpaired) electrons. The van der Waals surface area contributed by atoms with E-state index >= 15 is 0 Å². The number of methoxy groups -OCH3 is 3. The highest BCUT2D eigenvalue weighted by Crippen LogP contribution is 2.33. The Balaban J connectivity index is 2.11. The van der Waals surface area contributed by atoms with E-state index < -0.39 is 28.5 Å². The maximum atomic E-state index is 14.3. The number of amides is 2. The normalized spacial score (nSPS) is 12.4. The second kappa shape index (κ2) is 16.7. The lowest BCUT2D eigenvalue weighted by Crippen LogP contribution is -2.53. The van der Waals surface area contributed by atoms with Gasteiger partial charge in [0.05, 0.1) is 38.5 Å². The Morgan fingerprint density at radius 3 is 1.98 bits per heavy atom. The lowest BCUT2D eigenvalue weighted by Gasteiger charge is -2.33. The molecule has 0 aliphatic carbocycles. The van der Waals surface area contributed by atoms with Gasteiger partial charge in [-0.1, -0.05) is 26.0 Å². The summed E-state index contributed by atoms with van der Waals surface area (Å²) in [6.45, 7) is 7.45. The number of hydrogen-bond acceptors (Lipinski definition) is 8. The number of nitrogens with one attached hydrogen (secondary N) is 1. The van der Waals surface area contributed by atoms with E-state index in [0.29, 0.717) is 36.7 Å². The van der Waals surface area contributed by atoms with Gasteiger partial charge in [0.1, 0.15) is 24.1 Å². The third kappa shape index (κ3) is 8.84. The van der Waals surface area contributed by atoms with Gasteiger partial charge in [0.2, 0.25) is 11.8 Å². The molecule has 0 spiro atoms. The number of carbonyl (C=O) groups is 2. The molecular weight excluding hydrogens is 610 g/mol. The number of ether oxygens (including phenoxy) is 4. The van der Waals surface area contributed by atoms with Gasteiger partial charge in [-0.2, -0.15) is 0 Å². The van der Waals surface area contributed by atoms with E-state index in [1.165, 1.54) is 37.3 Å². The molecule has 0 saturated carbocycles. The molecule has 11 nitrogen and oxygen atoms in total. The Kier molecular flexibility index (Phi) is 13.1. The molecule has 2 amide bonds. The molecule has 0 bridgehead atoms. The highest BCUT2D eigenvalue weighted by Gasteiger charge is 2.34. The van der Waals surface area contributed by atoms with Crippen LogP contribution in [0.5, 0.6) is 23.0 Å². The summed E-state index contributed by atoms with van der Waals surface area (Å²) in [5.74, 6) is 0.902. The zero-order valence-electron chi connectivity index (χ0n) is 27.6. The first-order valence-electron chi connectivity index (χ1n) is 15.2. The first-order chi connectivity index (χ1) is 22.0. The highest BCUT2D eigenvalue weighted by atomic mass is 32.2. The SMILES string of the molecule is CCOc1ccc(N(CC(=O)N(Cc2ccc(OC)cc2)[C@@H](CC)C(=O)N[C@@H](C)CC)S(=O)(=O)c2ccc(OC)c(OC)c2)cc1. The van der Waals surface area contributed by atoms with E-state index in [-0.39, 0.29) is 34.8 Å². The molecule has 250 valence electrons. The van der Waals surface area contributed by atoms with Crippen LogP contribution >= 0.6 is 0 Å². The maximum Gasteiger partial charge on any atom is 0.264 e. The van der Waals surface area contributed by atoms with Crippen molar-refractivity contribution in [2.75, 3.05) is 38.8 Å². The minimum Gasteiger partial charge on any atom is -0.497 e. The molecule has 0 heterocycles. The Labute approximate surface area is 272 Å². The maximum absolute atomic E-state index is 14.3. The van der Waals surface area contributed by atoms with Crippen molar-refractivity contribution in [1.29, 1.82) is 0 Å². The van der Waals surface area contributed by atoms with Crippen molar-refractivity contribution in [3.8, 4) is 23.0 Å². The third-order valence-corrected chi connectivity index (χ3v) is 9.33. The summed E-state index contributed by atoms with van der Waals surface area (Å²) in [5, 5.41) is 2.98. The van der Waals surface area contributed by atoms with Crippen LogP contribution in [0.2, 0.25) is 0 Å². The molecule has 3 rings (SSSR count). The number of benzene rings is 3. The van der Waals surface area contributed by atoms with E-state index in [4.69, 9.17) is 18.9 Å². The number of nitrogens with zero attached hydrogens (tertiary/aromatic N) is 2. The standard InChI is InChI=1S/C34H45N3O8S/c1-8-24(4)35-34(39)30(9-2)36(22-25-11-15-27(42-5)16-12-25)33(38)23-37(26-13-17-28(18-14-26)45-10-3)46(40,41)29-19-20-31(43-6)32(21-29)44-7/h11-21,24,30H,8-10,22-23H2,1-7H3,(H,35,39)/t24-,30-/m0/s1.